The number of Topliss-reactive ketones (excluding diaryl/α,β-unsaturated/α-hetero) is 1. The fraction of sp³-hybridized carbons (Fsp3) is 0.417. The summed E-state index contributed by atoms with van der Waals surface area (Å²) >= 11 is 0. The van der Waals surface area contributed by atoms with Gasteiger partial charge in [0.05, 0.1) is 11.4 Å². The molecule has 0 bridgehead atoms. The summed E-state index contributed by atoms with van der Waals surface area (Å²) in [5.74, 6) is -0.0413. The maximum absolute atomic E-state index is 11.5. The number of fused-ring (bicyclic) bond motifs is 1. The van der Waals surface area contributed by atoms with Crippen LogP contribution in [0.5, 0.6) is 0 Å². The number of rotatable bonds is 1. The second-order valence-corrected chi connectivity index (χ2v) is 4.68. The quantitative estimate of drug-likeness (QED) is 0.726. The van der Waals surface area contributed by atoms with Crippen LogP contribution in [0.15, 0.2) is 6.07 Å². The largest absolute Gasteiger partial charge is 0.382 e. The Morgan fingerprint density at radius 2 is 2.31 bits per heavy atom. The molecule has 0 amide bonds. The molecule has 1 aromatic heterocycles. The lowest BCUT2D eigenvalue weighted by Crippen LogP contribution is -2.20. The number of carbonyl (C=O) groups is 1. The van der Waals surface area contributed by atoms with E-state index in [9.17, 15) is 4.79 Å². The molecule has 0 aromatic carbocycles. The summed E-state index contributed by atoms with van der Waals surface area (Å²) in [4.78, 5) is 15.8. The van der Waals surface area contributed by atoms with Gasteiger partial charge in [-0.05, 0) is 13.0 Å². The van der Waals surface area contributed by atoms with E-state index in [0.717, 1.165) is 17.9 Å². The van der Waals surface area contributed by atoms with Gasteiger partial charge in [0.15, 0.2) is 5.78 Å². The highest BCUT2D eigenvalue weighted by molar-refractivity contribution is 6.00. The third-order valence-corrected chi connectivity index (χ3v) is 2.86. The minimum Gasteiger partial charge on any atom is -0.382 e. The first-order valence-electron chi connectivity index (χ1n) is 5.16. The average molecular weight is 215 g/mol. The molecule has 4 nitrogen and oxygen atoms in total. The van der Waals surface area contributed by atoms with Crippen LogP contribution < -0.4 is 5.32 Å². The van der Waals surface area contributed by atoms with Crippen LogP contribution in [0.25, 0.3) is 0 Å². The Morgan fingerprint density at radius 3 is 2.88 bits per heavy atom. The molecule has 1 aromatic rings. The normalized spacial score (nSPS) is 16.1. The summed E-state index contributed by atoms with van der Waals surface area (Å²) in [6.45, 7) is 6.34. The number of hydrogen-bond acceptors (Lipinski definition) is 4. The lowest BCUT2D eigenvalue weighted by atomic mass is 9.90. The fourth-order valence-electron chi connectivity index (χ4n) is 1.94. The Balaban J connectivity index is 2.72. The SMILES string of the molecule is CC(=O)c1cc(C#N)nc2c1NCC2(C)C. The van der Waals surface area contributed by atoms with Crippen LogP contribution >= 0.6 is 0 Å². The zero-order valence-electron chi connectivity index (χ0n) is 9.59. The molecule has 0 radical (unpaired) electrons. The van der Waals surface area contributed by atoms with E-state index in [2.05, 4.69) is 10.3 Å². The smallest absolute Gasteiger partial charge is 0.162 e. The number of hydrogen-bond donors (Lipinski definition) is 1. The van der Waals surface area contributed by atoms with Crippen molar-refractivity contribution in [3.63, 3.8) is 0 Å². The van der Waals surface area contributed by atoms with E-state index < -0.39 is 0 Å². The molecule has 0 unspecified atom stereocenters. The van der Waals surface area contributed by atoms with E-state index in [1.54, 1.807) is 6.07 Å². The van der Waals surface area contributed by atoms with E-state index in [1.165, 1.54) is 6.92 Å². The molecule has 1 aliphatic heterocycles. The average Bonchev–Trinajstić information content (AvgIpc) is 2.53. The van der Waals surface area contributed by atoms with Gasteiger partial charge in [-0.3, -0.25) is 4.79 Å². The minimum atomic E-state index is -0.133. The molecule has 16 heavy (non-hydrogen) atoms. The molecule has 0 aliphatic carbocycles. The van der Waals surface area contributed by atoms with E-state index in [1.807, 2.05) is 19.9 Å². The number of pyridine rings is 1. The lowest BCUT2D eigenvalue weighted by Gasteiger charge is -2.15. The zero-order chi connectivity index (χ0) is 11.9. The van der Waals surface area contributed by atoms with Crippen molar-refractivity contribution in [2.75, 3.05) is 11.9 Å². The predicted molar refractivity (Wildman–Crippen MR) is 60.5 cm³/mol. The van der Waals surface area contributed by atoms with Crippen molar-refractivity contribution in [1.29, 1.82) is 5.26 Å². The second kappa shape index (κ2) is 3.31. The maximum atomic E-state index is 11.5. The highest BCUT2D eigenvalue weighted by atomic mass is 16.1. The molecule has 2 heterocycles. The summed E-state index contributed by atoms with van der Waals surface area (Å²) in [5.41, 5.74) is 2.34. The lowest BCUT2D eigenvalue weighted by molar-refractivity contribution is 0.101. The van der Waals surface area contributed by atoms with Crippen molar-refractivity contribution in [2.45, 2.75) is 26.2 Å². The highest BCUT2D eigenvalue weighted by Crippen LogP contribution is 2.37. The summed E-state index contributed by atoms with van der Waals surface area (Å²) in [6.07, 6.45) is 0. The number of aromatic nitrogens is 1. The van der Waals surface area contributed by atoms with E-state index in [4.69, 9.17) is 5.26 Å². The number of ketones is 1. The van der Waals surface area contributed by atoms with Gasteiger partial charge in [-0.1, -0.05) is 13.8 Å². The van der Waals surface area contributed by atoms with Crippen LogP contribution in [-0.4, -0.2) is 17.3 Å². The van der Waals surface area contributed by atoms with Crippen molar-refractivity contribution in [3.8, 4) is 6.07 Å². The number of nitrogens with zero attached hydrogens (tertiary/aromatic N) is 2. The van der Waals surface area contributed by atoms with Gasteiger partial charge in [-0.15, -0.1) is 0 Å². The molecule has 82 valence electrons. The standard InChI is InChI=1S/C12H13N3O/c1-7(16)9-4-8(5-13)15-11-10(9)14-6-12(11,2)3/h4,14H,6H2,1-3H3. The van der Waals surface area contributed by atoms with Crippen molar-refractivity contribution in [3.05, 3.63) is 23.0 Å². The van der Waals surface area contributed by atoms with Gasteiger partial charge < -0.3 is 5.32 Å². The molecule has 0 atom stereocenters. The van der Waals surface area contributed by atoms with Gasteiger partial charge in [0.2, 0.25) is 0 Å². The fourth-order valence-corrected chi connectivity index (χ4v) is 1.94. The van der Waals surface area contributed by atoms with Crippen molar-refractivity contribution < 1.29 is 4.79 Å². The van der Waals surface area contributed by atoms with Crippen LogP contribution in [-0.2, 0) is 5.41 Å². The summed E-state index contributed by atoms with van der Waals surface area (Å²) in [5, 5.41) is 12.1. The molecule has 4 heteroatoms. The molecule has 0 saturated heterocycles. The van der Waals surface area contributed by atoms with Crippen molar-refractivity contribution in [1.82, 2.24) is 4.98 Å². The van der Waals surface area contributed by atoms with Gasteiger partial charge in [0.1, 0.15) is 11.8 Å². The van der Waals surface area contributed by atoms with E-state index >= 15 is 0 Å². The number of carbonyl (C=O) groups excluding carboxylic acids is 1. The molecule has 0 saturated carbocycles. The van der Waals surface area contributed by atoms with Gasteiger partial charge in [0.25, 0.3) is 0 Å². The topological polar surface area (TPSA) is 65.8 Å². The van der Waals surface area contributed by atoms with Crippen LogP contribution in [0, 0.1) is 11.3 Å². The third-order valence-electron chi connectivity index (χ3n) is 2.86. The first-order chi connectivity index (χ1) is 7.45. The molecular weight excluding hydrogens is 202 g/mol. The van der Waals surface area contributed by atoms with E-state index in [-0.39, 0.29) is 11.2 Å². The monoisotopic (exact) mass is 215 g/mol. The van der Waals surface area contributed by atoms with Crippen LogP contribution in [0.4, 0.5) is 5.69 Å². The van der Waals surface area contributed by atoms with Gasteiger partial charge >= 0.3 is 0 Å². The maximum Gasteiger partial charge on any atom is 0.162 e. The van der Waals surface area contributed by atoms with Crippen LogP contribution in [0.2, 0.25) is 0 Å². The Labute approximate surface area is 94.3 Å². The van der Waals surface area contributed by atoms with Gasteiger partial charge in [0, 0.05) is 17.5 Å². The van der Waals surface area contributed by atoms with Crippen molar-refractivity contribution >= 4 is 11.5 Å². The summed E-state index contributed by atoms with van der Waals surface area (Å²) in [6, 6.07) is 3.55. The zero-order valence-corrected chi connectivity index (χ0v) is 9.59. The van der Waals surface area contributed by atoms with E-state index in [0.29, 0.717) is 11.3 Å². The second-order valence-electron chi connectivity index (χ2n) is 4.68. The predicted octanol–water partition coefficient (Wildman–Crippen LogP) is 1.86. The molecule has 2 rings (SSSR count). The van der Waals surface area contributed by atoms with Crippen LogP contribution in [0.1, 0.15) is 42.5 Å². The first kappa shape index (κ1) is 10.6. The number of nitrogens with one attached hydrogen (secondary N) is 1. The summed E-state index contributed by atoms with van der Waals surface area (Å²) < 4.78 is 0. The highest BCUT2D eigenvalue weighted by Gasteiger charge is 2.34. The van der Waals surface area contributed by atoms with Crippen molar-refractivity contribution in [2.24, 2.45) is 0 Å². The summed E-state index contributed by atoms with van der Waals surface area (Å²) in [7, 11) is 0. The van der Waals surface area contributed by atoms with Gasteiger partial charge in [-0.2, -0.15) is 5.26 Å². The Morgan fingerprint density at radius 1 is 1.62 bits per heavy atom. The first-order valence-corrected chi connectivity index (χ1v) is 5.16. The molecule has 1 aliphatic rings. The Bertz CT molecular complexity index is 512. The number of anilines is 1. The molecular formula is C12H13N3O. The third kappa shape index (κ3) is 1.45. The van der Waals surface area contributed by atoms with Gasteiger partial charge in [-0.25, -0.2) is 4.98 Å². The molecule has 0 spiro atoms. The Kier molecular flexibility index (Phi) is 2.20. The Hall–Kier alpha value is -1.89. The minimum absolute atomic E-state index is 0.0413. The molecule has 0 fully saturated rings. The molecule has 1 N–H and O–H groups in total. The van der Waals surface area contributed by atoms with Crippen LogP contribution in [0.3, 0.4) is 0 Å². The number of nitriles is 1.